The molecule has 1 heterocycles. The van der Waals surface area contributed by atoms with Gasteiger partial charge in [-0.05, 0) is 6.92 Å². The summed E-state index contributed by atoms with van der Waals surface area (Å²) in [5.74, 6) is 0.0559. The van der Waals surface area contributed by atoms with E-state index < -0.39 is 0 Å². The maximum absolute atomic E-state index is 10.7. The quantitative estimate of drug-likeness (QED) is 0.676. The van der Waals surface area contributed by atoms with Gasteiger partial charge in [0.15, 0.2) is 0 Å². The lowest BCUT2D eigenvalue weighted by atomic mass is 10.3. The normalized spacial score (nSPS) is 32.4. The molecule has 58 valence electrons. The van der Waals surface area contributed by atoms with Crippen LogP contribution < -0.4 is 5.32 Å². The molecule has 4 heteroatoms. The van der Waals surface area contributed by atoms with Crippen molar-refractivity contribution < 1.29 is 9.53 Å². The van der Waals surface area contributed by atoms with E-state index in [2.05, 4.69) is 21.2 Å². The zero-order valence-electron chi connectivity index (χ0n) is 5.76. The molecule has 0 radical (unpaired) electrons. The summed E-state index contributed by atoms with van der Waals surface area (Å²) in [4.78, 5) is 10.9. The standard InChI is InChI=1S/C6H10BrNO2/c1-2-10-6-4(7)3-5(9)8-6/h4,6H,2-3H2,1H3,(H,8,9). The fourth-order valence-electron chi connectivity index (χ4n) is 0.918. The highest BCUT2D eigenvalue weighted by Gasteiger charge is 2.30. The van der Waals surface area contributed by atoms with Crippen molar-refractivity contribution in [3.05, 3.63) is 0 Å². The molecule has 10 heavy (non-hydrogen) atoms. The first-order valence-corrected chi connectivity index (χ1v) is 4.20. The first kappa shape index (κ1) is 8.01. The van der Waals surface area contributed by atoms with Crippen LogP contribution in [0.5, 0.6) is 0 Å². The Labute approximate surface area is 68.3 Å². The van der Waals surface area contributed by atoms with Crippen LogP contribution in [0.3, 0.4) is 0 Å². The molecule has 1 amide bonds. The molecule has 1 aliphatic rings. The van der Waals surface area contributed by atoms with E-state index in [0.29, 0.717) is 13.0 Å². The van der Waals surface area contributed by atoms with E-state index in [-0.39, 0.29) is 17.0 Å². The van der Waals surface area contributed by atoms with Gasteiger partial charge in [-0.2, -0.15) is 0 Å². The van der Waals surface area contributed by atoms with Crippen molar-refractivity contribution in [3.8, 4) is 0 Å². The monoisotopic (exact) mass is 207 g/mol. The van der Waals surface area contributed by atoms with Crippen LogP contribution in [0.1, 0.15) is 13.3 Å². The third kappa shape index (κ3) is 1.70. The third-order valence-electron chi connectivity index (χ3n) is 1.36. The van der Waals surface area contributed by atoms with Gasteiger partial charge in [0.05, 0.1) is 4.83 Å². The molecular formula is C6H10BrNO2. The van der Waals surface area contributed by atoms with E-state index in [1.807, 2.05) is 6.92 Å². The maximum atomic E-state index is 10.7. The number of amides is 1. The van der Waals surface area contributed by atoms with Gasteiger partial charge in [-0.3, -0.25) is 4.79 Å². The third-order valence-corrected chi connectivity index (χ3v) is 2.16. The van der Waals surface area contributed by atoms with Crippen molar-refractivity contribution in [2.24, 2.45) is 0 Å². The molecule has 2 atom stereocenters. The maximum Gasteiger partial charge on any atom is 0.223 e. The van der Waals surface area contributed by atoms with E-state index >= 15 is 0 Å². The van der Waals surface area contributed by atoms with Gasteiger partial charge in [0.25, 0.3) is 0 Å². The SMILES string of the molecule is CCOC1NC(=O)CC1Br. The first-order chi connectivity index (χ1) is 4.74. The van der Waals surface area contributed by atoms with Crippen molar-refractivity contribution >= 4 is 21.8 Å². The van der Waals surface area contributed by atoms with Crippen LogP contribution in [0.15, 0.2) is 0 Å². The molecule has 1 aliphatic heterocycles. The lowest BCUT2D eigenvalue weighted by Gasteiger charge is -2.12. The second kappa shape index (κ2) is 3.34. The van der Waals surface area contributed by atoms with Gasteiger partial charge in [0.1, 0.15) is 6.23 Å². The second-order valence-corrected chi connectivity index (χ2v) is 3.34. The molecule has 2 unspecified atom stereocenters. The topological polar surface area (TPSA) is 38.3 Å². The highest BCUT2D eigenvalue weighted by atomic mass is 79.9. The number of halogens is 1. The van der Waals surface area contributed by atoms with Crippen LogP contribution in [0.25, 0.3) is 0 Å². The number of hydrogen-bond acceptors (Lipinski definition) is 2. The van der Waals surface area contributed by atoms with Crippen LogP contribution in [-0.4, -0.2) is 23.6 Å². The summed E-state index contributed by atoms with van der Waals surface area (Å²) in [5.41, 5.74) is 0. The van der Waals surface area contributed by atoms with Gasteiger partial charge in [-0.15, -0.1) is 0 Å². The summed E-state index contributed by atoms with van der Waals surface area (Å²) in [6, 6.07) is 0. The molecule has 0 bridgehead atoms. The average molecular weight is 208 g/mol. The Morgan fingerprint density at radius 2 is 2.60 bits per heavy atom. The Kier molecular flexibility index (Phi) is 2.68. The molecule has 0 spiro atoms. The van der Waals surface area contributed by atoms with Gasteiger partial charge in [-0.1, -0.05) is 15.9 Å². The number of carbonyl (C=O) groups excluding carboxylic acids is 1. The Balaban J connectivity index is 2.38. The van der Waals surface area contributed by atoms with E-state index in [1.165, 1.54) is 0 Å². The smallest absolute Gasteiger partial charge is 0.223 e. The summed E-state index contributed by atoms with van der Waals surface area (Å²) >= 11 is 3.34. The average Bonchev–Trinajstić information content (AvgIpc) is 2.13. The van der Waals surface area contributed by atoms with E-state index in [1.54, 1.807) is 0 Å². The zero-order valence-corrected chi connectivity index (χ0v) is 7.35. The van der Waals surface area contributed by atoms with Crippen LogP contribution >= 0.6 is 15.9 Å². The summed E-state index contributed by atoms with van der Waals surface area (Å²) < 4.78 is 5.21. The highest BCUT2D eigenvalue weighted by Crippen LogP contribution is 2.17. The Bertz CT molecular complexity index is 140. The molecule has 1 saturated heterocycles. The molecule has 0 aliphatic carbocycles. The minimum Gasteiger partial charge on any atom is -0.358 e. The summed E-state index contributed by atoms with van der Waals surface area (Å²) in [6.07, 6.45) is 0.391. The lowest BCUT2D eigenvalue weighted by Crippen LogP contribution is -2.31. The van der Waals surface area contributed by atoms with Crippen molar-refractivity contribution in [1.29, 1.82) is 0 Å². The summed E-state index contributed by atoms with van der Waals surface area (Å²) in [5, 5.41) is 2.70. The molecular weight excluding hydrogens is 198 g/mol. The Morgan fingerprint density at radius 1 is 1.90 bits per heavy atom. The Morgan fingerprint density at radius 3 is 3.00 bits per heavy atom. The van der Waals surface area contributed by atoms with Crippen molar-refractivity contribution in [2.75, 3.05) is 6.61 Å². The number of rotatable bonds is 2. The molecule has 0 aromatic heterocycles. The number of hydrogen-bond donors (Lipinski definition) is 1. The fraction of sp³-hybridized carbons (Fsp3) is 0.833. The number of nitrogens with one attached hydrogen (secondary N) is 1. The minimum absolute atomic E-state index is 0.0559. The van der Waals surface area contributed by atoms with Crippen molar-refractivity contribution in [1.82, 2.24) is 5.32 Å². The zero-order chi connectivity index (χ0) is 7.56. The van der Waals surface area contributed by atoms with E-state index in [9.17, 15) is 4.79 Å². The lowest BCUT2D eigenvalue weighted by molar-refractivity contribution is -0.120. The van der Waals surface area contributed by atoms with Crippen LogP contribution in [0.4, 0.5) is 0 Å². The van der Waals surface area contributed by atoms with Crippen LogP contribution in [0, 0.1) is 0 Å². The second-order valence-electron chi connectivity index (χ2n) is 2.16. The van der Waals surface area contributed by atoms with E-state index in [4.69, 9.17) is 4.74 Å². The largest absolute Gasteiger partial charge is 0.358 e. The summed E-state index contributed by atoms with van der Waals surface area (Å²) in [7, 11) is 0. The van der Waals surface area contributed by atoms with Gasteiger partial charge >= 0.3 is 0 Å². The highest BCUT2D eigenvalue weighted by molar-refractivity contribution is 9.09. The van der Waals surface area contributed by atoms with Crippen LogP contribution in [0.2, 0.25) is 0 Å². The fourth-order valence-corrected chi connectivity index (χ4v) is 1.50. The molecule has 1 N–H and O–H groups in total. The van der Waals surface area contributed by atoms with Crippen molar-refractivity contribution in [2.45, 2.75) is 24.4 Å². The van der Waals surface area contributed by atoms with Crippen molar-refractivity contribution in [3.63, 3.8) is 0 Å². The molecule has 3 nitrogen and oxygen atoms in total. The van der Waals surface area contributed by atoms with Gasteiger partial charge in [-0.25, -0.2) is 0 Å². The predicted octanol–water partition coefficient (Wildman–Crippen LogP) is 0.632. The van der Waals surface area contributed by atoms with Crippen LogP contribution in [-0.2, 0) is 9.53 Å². The molecule has 1 rings (SSSR count). The molecule has 0 aromatic rings. The first-order valence-electron chi connectivity index (χ1n) is 3.29. The Hall–Kier alpha value is -0.0900. The van der Waals surface area contributed by atoms with Gasteiger partial charge in [0, 0.05) is 13.0 Å². The molecule has 0 saturated carbocycles. The van der Waals surface area contributed by atoms with Gasteiger partial charge < -0.3 is 10.1 Å². The number of alkyl halides is 1. The minimum atomic E-state index is -0.127. The summed E-state index contributed by atoms with van der Waals surface area (Å²) in [6.45, 7) is 2.54. The van der Waals surface area contributed by atoms with Gasteiger partial charge in [0.2, 0.25) is 5.91 Å². The number of ether oxygens (including phenoxy) is 1. The van der Waals surface area contributed by atoms with E-state index in [0.717, 1.165) is 0 Å². The molecule has 1 fully saturated rings. The number of carbonyl (C=O) groups is 1. The predicted molar refractivity (Wildman–Crippen MR) is 40.9 cm³/mol. The molecule has 0 aromatic carbocycles.